The van der Waals surface area contributed by atoms with E-state index in [1.807, 2.05) is 0 Å². The number of hydrogen-bond donors (Lipinski definition) is 1. The van der Waals surface area contributed by atoms with Gasteiger partial charge in [0.2, 0.25) is 0 Å². The lowest BCUT2D eigenvalue weighted by atomic mass is 10.2. The Morgan fingerprint density at radius 3 is 3.12 bits per heavy atom. The molecule has 0 aromatic carbocycles. The SMILES string of the molecule is O=C(c1cccnc1)N1CCNC1=N[N+](=O)[O-]. The van der Waals surface area contributed by atoms with Gasteiger partial charge in [0, 0.05) is 25.5 Å². The molecule has 1 aromatic rings. The topological polar surface area (TPSA) is 101 Å². The summed E-state index contributed by atoms with van der Waals surface area (Å²) in [6, 6.07) is 3.22. The molecule has 1 aliphatic heterocycles. The molecule has 1 aromatic heterocycles. The van der Waals surface area contributed by atoms with E-state index in [2.05, 4.69) is 15.4 Å². The Bertz CT molecular complexity index is 473. The molecule has 1 amide bonds. The van der Waals surface area contributed by atoms with Gasteiger partial charge in [0.1, 0.15) is 5.10 Å². The molecular weight excluding hydrogens is 226 g/mol. The summed E-state index contributed by atoms with van der Waals surface area (Å²) in [5.74, 6) is -0.396. The first-order chi connectivity index (χ1) is 8.18. The summed E-state index contributed by atoms with van der Waals surface area (Å²) in [6.07, 6.45) is 2.95. The van der Waals surface area contributed by atoms with Gasteiger partial charge in [-0.2, -0.15) is 0 Å². The van der Waals surface area contributed by atoms with Crippen molar-refractivity contribution in [3.05, 3.63) is 40.2 Å². The van der Waals surface area contributed by atoms with E-state index in [1.54, 1.807) is 18.3 Å². The minimum Gasteiger partial charge on any atom is -0.349 e. The number of guanidine groups is 1. The van der Waals surface area contributed by atoms with E-state index in [0.29, 0.717) is 18.7 Å². The van der Waals surface area contributed by atoms with Crippen LogP contribution >= 0.6 is 0 Å². The predicted octanol–water partition coefficient (Wildman–Crippen LogP) is -0.325. The second kappa shape index (κ2) is 4.56. The molecule has 1 N–H and O–H groups in total. The summed E-state index contributed by atoms with van der Waals surface area (Å²) in [6.45, 7) is 0.791. The molecule has 0 aliphatic carbocycles. The number of nitrogens with zero attached hydrogens (tertiary/aromatic N) is 4. The normalized spacial score (nSPS) is 16.9. The first-order valence-electron chi connectivity index (χ1n) is 4.87. The van der Waals surface area contributed by atoms with E-state index in [0.717, 1.165) is 0 Å². The molecule has 0 bridgehead atoms. The minimum atomic E-state index is -0.836. The number of carbonyl (C=O) groups is 1. The van der Waals surface area contributed by atoms with Crippen molar-refractivity contribution in [2.75, 3.05) is 13.1 Å². The van der Waals surface area contributed by atoms with Gasteiger partial charge in [0.15, 0.2) is 5.03 Å². The van der Waals surface area contributed by atoms with Crippen molar-refractivity contribution >= 4 is 11.9 Å². The Morgan fingerprint density at radius 2 is 2.47 bits per heavy atom. The zero-order chi connectivity index (χ0) is 12.3. The maximum atomic E-state index is 12.0. The van der Waals surface area contributed by atoms with Crippen LogP contribution in [0.1, 0.15) is 10.4 Å². The molecule has 17 heavy (non-hydrogen) atoms. The molecule has 0 unspecified atom stereocenters. The summed E-state index contributed by atoms with van der Waals surface area (Å²) in [7, 11) is 0. The van der Waals surface area contributed by atoms with E-state index < -0.39 is 5.03 Å². The van der Waals surface area contributed by atoms with E-state index in [9.17, 15) is 14.9 Å². The Morgan fingerprint density at radius 1 is 1.65 bits per heavy atom. The van der Waals surface area contributed by atoms with Crippen LogP contribution in [0.5, 0.6) is 0 Å². The first-order valence-corrected chi connectivity index (χ1v) is 4.87. The molecule has 2 heterocycles. The molecule has 88 valence electrons. The molecular formula is C9H9N5O3. The number of carbonyl (C=O) groups excluding carboxylic acids is 1. The second-order valence-electron chi connectivity index (χ2n) is 3.29. The fourth-order valence-corrected chi connectivity index (χ4v) is 1.49. The van der Waals surface area contributed by atoms with Crippen molar-refractivity contribution in [3.8, 4) is 0 Å². The standard InChI is InChI=1S/C9H9N5O3/c15-8(7-2-1-3-10-6-7)13-5-4-11-9(13)12-14(16)17/h1-3,6H,4-5H2,(H,11,12). The fraction of sp³-hybridized carbons (Fsp3) is 0.222. The first kappa shape index (κ1) is 11.0. The van der Waals surface area contributed by atoms with E-state index in [4.69, 9.17) is 0 Å². The summed E-state index contributed by atoms with van der Waals surface area (Å²) < 4.78 is 0. The average molecular weight is 235 g/mol. The van der Waals surface area contributed by atoms with Gasteiger partial charge in [-0.25, -0.2) is 10.1 Å². The molecule has 0 saturated carbocycles. The zero-order valence-electron chi connectivity index (χ0n) is 8.74. The number of nitro groups is 1. The van der Waals surface area contributed by atoms with E-state index in [-0.39, 0.29) is 11.9 Å². The third-order valence-corrected chi connectivity index (χ3v) is 2.20. The van der Waals surface area contributed by atoms with Gasteiger partial charge in [-0.05, 0) is 12.1 Å². The van der Waals surface area contributed by atoms with Gasteiger partial charge in [0.25, 0.3) is 11.9 Å². The van der Waals surface area contributed by atoms with Crippen LogP contribution in [-0.2, 0) is 0 Å². The molecule has 1 saturated heterocycles. The molecule has 1 fully saturated rings. The second-order valence-corrected chi connectivity index (χ2v) is 3.29. The van der Waals surface area contributed by atoms with Crippen molar-refractivity contribution in [1.82, 2.24) is 15.2 Å². The molecule has 8 heteroatoms. The van der Waals surface area contributed by atoms with Crippen LogP contribution in [0.25, 0.3) is 0 Å². The third-order valence-electron chi connectivity index (χ3n) is 2.20. The predicted molar refractivity (Wildman–Crippen MR) is 57.7 cm³/mol. The fourth-order valence-electron chi connectivity index (χ4n) is 1.49. The summed E-state index contributed by atoms with van der Waals surface area (Å²) in [5.41, 5.74) is 0.368. The average Bonchev–Trinajstić information content (AvgIpc) is 2.76. The number of nitrogens with one attached hydrogen (secondary N) is 1. The number of hydrazone groups is 1. The smallest absolute Gasteiger partial charge is 0.278 e. The number of pyridine rings is 1. The van der Waals surface area contributed by atoms with Gasteiger partial charge in [-0.3, -0.25) is 14.7 Å². The highest BCUT2D eigenvalue weighted by molar-refractivity contribution is 6.06. The molecule has 0 atom stereocenters. The lowest BCUT2D eigenvalue weighted by Gasteiger charge is -2.12. The van der Waals surface area contributed by atoms with Gasteiger partial charge in [-0.1, -0.05) is 0 Å². The number of hydrogen-bond acceptors (Lipinski definition) is 4. The highest BCUT2D eigenvalue weighted by atomic mass is 16.7. The van der Waals surface area contributed by atoms with Crippen molar-refractivity contribution in [3.63, 3.8) is 0 Å². The zero-order valence-corrected chi connectivity index (χ0v) is 8.74. The molecule has 1 aliphatic rings. The van der Waals surface area contributed by atoms with Crippen molar-refractivity contribution in [2.45, 2.75) is 0 Å². The highest BCUT2D eigenvalue weighted by Crippen LogP contribution is 2.06. The summed E-state index contributed by atoms with van der Waals surface area (Å²) in [5, 5.41) is 15.3. The number of rotatable bonds is 2. The van der Waals surface area contributed by atoms with Crippen LogP contribution in [0.2, 0.25) is 0 Å². The van der Waals surface area contributed by atoms with Crippen LogP contribution in [0.15, 0.2) is 29.6 Å². The van der Waals surface area contributed by atoms with Crippen molar-refractivity contribution in [1.29, 1.82) is 0 Å². The Hall–Kier alpha value is -2.51. The van der Waals surface area contributed by atoms with Gasteiger partial charge in [0.05, 0.1) is 5.56 Å². The minimum absolute atomic E-state index is 0.0381. The molecule has 8 nitrogen and oxygen atoms in total. The van der Waals surface area contributed by atoms with Crippen LogP contribution in [0, 0.1) is 10.1 Å². The number of aromatic nitrogens is 1. The Labute approximate surface area is 96.1 Å². The van der Waals surface area contributed by atoms with Crippen LogP contribution < -0.4 is 5.32 Å². The Kier molecular flexibility index (Phi) is 2.95. The maximum Gasteiger partial charge on any atom is 0.278 e. The monoisotopic (exact) mass is 235 g/mol. The third kappa shape index (κ3) is 2.36. The van der Waals surface area contributed by atoms with Gasteiger partial charge in [-0.15, -0.1) is 0 Å². The van der Waals surface area contributed by atoms with Crippen molar-refractivity contribution < 1.29 is 9.83 Å². The van der Waals surface area contributed by atoms with E-state index >= 15 is 0 Å². The van der Waals surface area contributed by atoms with Crippen LogP contribution in [0.4, 0.5) is 0 Å². The highest BCUT2D eigenvalue weighted by Gasteiger charge is 2.28. The van der Waals surface area contributed by atoms with Gasteiger partial charge < -0.3 is 5.32 Å². The lowest BCUT2D eigenvalue weighted by molar-refractivity contribution is -0.485. The van der Waals surface area contributed by atoms with Crippen molar-refractivity contribution in [2.24, 2.45) is 5.10 Å². The Balaban J connectivity index is 2.23. The van der Waals surface area contributed by atoms with Crippen LogP contribution in [0.3, 0.4) is 0 Å². The lowest BCUT2D eigenvalue weighted by Crippen LogP contribution is -2.36. The summed E-state index contributed by atoms with van der Waals surface area (Å²) in [4.78, 5) is 27.3. The quantitative estimate of drug-likeness (QED) is 0.559. The van der Waals surface area contributed by atoms with E-state index in [1.165, 1.54) is 11.1 Å². The molecule has 0 spiro atoms. The van der Waals surface area contributed by atoms with Crippen LogP contribution in [-0.4, -0.2) is 39.9 Å². The largest absolute Gasteiger partial charge is 0.349 e. The molecule has 2 rings (SSSR count). The molecule has 0 radical (unpaired) electrons. The maximum absolute atomic E-state index is 12.0. The van der Waals surface area contributed by atoms with Gasteiger partial charge >= 0.3 is 0 Å². The number of amides is 1. The summed E-state index contributed by atoms with van der Waals surface area (Å²) >= 11 is 0.